The van der Waals surface area contributed by atoms with E-state index < -0.39 is 0 Å². The van der Waals surface area contributed by atoms with Gasteiger partial charge in [-0.1, -0.05) is 0 Å². The quantitative estimate of drug-likeness (QED) is 0.791. The molecule has 0 atom stereocenters. The number of ether oxygens (including phenoxy) is 1. The summed E-state index contributed by atoms with van der Waals surface area (Å²) in [5, 5.41) is 0. The first-order chi connectivity index (χ1) is 12.6. The van der Waals surface area contributed by atoms with E-state index in [1.165, 1.54) is 0 Å². The number of amides is 2. The first kappa shape index (κ1) is 18.4. The van der Waals surface area contributed by atoms with Crippen molar-refractivity contribution in [2.45, 2.75) is 6.92 Å². The van der Waals surface area contributed by atoms with Crippen LogP contribution >= 0.6 is 0 Å². The molecule has 0 saturated carbocycles. The third-order valence-corrected chi connectivity index (χ3v) is 4.92. The summed E-state index contributed by atoms with van der Waals surface area (Å²) in [4.78, 5) is 36.8. The van der Waals surface area contributed by atoms with Crippen molar-refractivity contribution in [2.75, 3.05) is 70.9 Å². The zero-order valence-corrected chi connectivity index (χ0v) is 15.6. The number of anilines is 1. The summed E-state index contributed by atoms with van der Waals surface area (Å²) >= 11 is 0. The molecule has 3 rings (SSSR count). The van der Waals surface area contributed by atoms with E-state index in [1.807, 2.05) is 24.0 Å². The minimum Gasteiger partial charge on any atom is -0.450 e. The Hall–Kier alpha value is -2.35. The molecule has 0 unspecified atom stereocenters. The third kappa shape index (κ3) is 4.24. The SMILES string of the molecule is CCOC(=O)N1CCN(c2ccnc(C(=O)N3CCN(C)CC3)c2)CC1. The zero-order chi connectivity index (χ0) is 18.5. The molecule has 0 aromatic carbocycles. The summed E-state index contributed by atoms with van der Waals surface area (Å²) in [5.41, 5.74) is 1.46. The Kier molecular flexibility index (Phi) is 5.92. The molecule has 2 aliphatic rings. The summed E-state index contributed by atoms with van der Waals surface area (Å²) < 4.78 is 5.05. The highest BCUT2D eigenvalue weighted by atomic mass is 16.6. The Morgan fingerprint density at radius 1 is 1.04 bits per heavy atom. The number of hydrogen-bond donors (Lipinski definition) is 0. The lowest BCUT2D eigenvalue weighted by Crippen LogP contribution is -2.49. The van der Waals surface area contributed by atoms with Gasteiger partial charge >= 0.3 is 6.09 Å². The first-order valence-corrected chi connectivity index (χ1v) is 9.19. The molecule has 2 saturated heterocycles. The summed E-state index contributed by atoms with van der Waals surface area (Å²) in [6.45, 7) is 8.11. The van der Waals surface area contributed by atoms with E-state index in [1.54, 1.807) is 11.1 Å². The summed E-state index contributed by atoms with van der Waals surface area (Å²) in [5.74, 6) is -0.00916. The van der Waals surface area contributed by atoms with Crippen molar-refractivity contribution in [3.63, 3.8) is 0 Å². The second-order valence-electron chi connectivity index (χ2n) is 6.67. The van der Waals surface area contributed by atoms with Gasteiger partial charge in [0, 0.05) is 64.2 Å². The van der Waals surface area contributed by atoms with Crippen molar-refractivity contribution in [2.24, 2.45) is 0 Å². The lowest BCUT2D eigenvalue weighted by molar-refractivity contribution is 0.0658. The normalized spacial score (nSPS) is 18.8. The molecule has 0 spiro atoms. The van der Waals surface area contributed by atoms with Crippen molar-refractivity contribution in [3.05, 3.63) is 24.0 Å². The summed E-state index contributed by atoms with van der Waals surface area (Å²) in [6, 6.07) is 3.78. The van der Waals surface area contributed by atoms with E-state index in [4.69, 9.17) is 4.74 Å². The Labute approximate surface area is 154 Å². The molecule has 8 heteroatoms. The van der Waals surface area contributed by atoms with E-state index >= 15 is 0 Å². The van der Waals surface area contributed by atoms with Gasteiger partial charge in [-0.15, -0.1) is 0 Å². The molecule has 0 N–H and O–H groups in total. The van der Waals surface area contributed by atoms with E-state index in [2.05, 4.69) is 21.8 Å². The molecule has 0 aliphatic carbocycles. The standard InChI is InChI=1S/C18H27N5O3/c1-3-26-18(25)23-12-10-21(11-13-23)15-4-5-19-16(14-15)17(24)22-8-6-20(2)7-9-22/h4-5,14H,3,6-13H2,1-2H3. The Balaban J connectivity index is 1.61. The van der Waals surface area contributed by atoms with Gasteiger partial charge < -0.3 is 24.3 Å². The average Bonchev–Trinajstić information content (AvgIpc) is 2.68. The van der Waals surface area contributed by atoms with Crippen LogP contribution in [0.15, 0.2) is 18.3 Å². The number of pyridine rings is 1. The van der Waals surface area contributed by atoms with Crippen LogP contribution in [0.5, 0.6) is 0 Å². The zero-order valence-electron chi connectivity index (χ0n) is 15.6. The molecule has 26 heavy (non-hydrogen) atoms. The lowest BCUT2D eigenvalue weighted by atomic mass is 10.2. The second kappa shape index (κ2) is 8.35. The molecule has 2 fully saturated rings. The van der Waals surface area contributed by atoms with Crippen LogP contribution in [0.25, 0.3) is 0 Å². The lowest BCUT2D eigenvalue weighted by Gasteiger charge is -2.35. The maximum atomic E-state index is 12.7. The average molecular weight is 361 g/mol. The third-order valence-electron chi connectivity index (χ3n) is 4.92. The highest BCUT2D eigenvalue weighted by Crippen LogP contribution is 2.18. The fraction of sp³-hybridized carbons (Fsp3) is 0.611. The van der Waals surface area contributed by atoms with Crippen LogP contribution in [-0.2, 0) is 4.74 Å². The number of likely N-dealkylation sites (N-methyl/N-ethyl adjacent to an activating group) is 1. The van der Waals surface area contributed by atoms with Gasteiger partial charge in [0.25, 0.3) is 5.91 Å². The van der Waals surface area contributed by atoms with Crippen molar-refractivity contribution in [1.29, 1.82) is 0 Å². The minimum atomic E-state index is -0.257. The fourth-order valence-corrected chi connectivity index (χ4v) is 3.27. The second-order valence-corrected chi connectivity index (χ2v) is 6.67. The highest BCUT2D eigenvalue weighted by Gasteiger charge is 2.24. The van der Waals surface area contributed by atoms with Gasteiger partial charge in [-0.2, -0.15) is 0 Å². The maximum Gasteiger partial charge on any atom is 0.409 e. The maximum absolute atomic E-state index is 12.7. The van der Waals surface area contributed by atoms with Crippen LogP contribution in [0.2, 0.25) is 0 Å². The molecular formula is C18H27N5O3. The molecule has 0 radical (unpaired) electrons. The van der Waals surface area contributed by atoms with E-state index in [0.29, 0.717) is 38.5 Å². The van der Waals surface area contributed by atoms with Crippen LogP contribution < -0.4 is 4.90 Å². The monoisotopic (exact) mass is 361 g/mol. The van der Waals surface area contributed by atoms with Gasteiger partial charge in [-0.3, -0.25) is 9.78 Å². The van der Waals surface area contributed by atoms with Crippen molar-refractivity contribution in [1.82, 2.24) is 19.7 Å². The van der Waals surface area contributed by atoms with Crippen molar-refractivity contribution < 1.29 is 14.3 Å². The predicted molar refractivity (Wildman–Crippen MR) is 98.4 cm³/mol. The Morgan fingerprint density at radius 2 is 1.69 bits per heavy atom. The van der Waals surface area contributed by atoms with E-state index in [-0.39, 0.29) is 12.0 Å². The number of aromatic nitrogens is 1. The smallest absolute Gasteiger partial charge is 0.409 e. The molecule has 8 nitrogen and oxygen atoms in total. The predicted octanol–water partition coefficient (Wildman–Crippen LogP) is 0.748. The van der Waals surface area contributed by atoms with Gasteiger partial charge in [0.05, 0.1) is 6.61 Å². The van der Waals surface area contributed by atoms with Gasteiger partial charge in [0.2, 0.25) is 0 Å². The van der Waals surface area contributed by atoms with Gasteiger partial charge in [0.15, 0.2) is 0 Å². The van der Waals surface area contributed by atoms with Crippen molar-refractivity contribution in [3.8, 4) is 0 Å². The molecular weight excluding hydrogens is 334 g/mol. The van der Waals surface area contributed by atoms with Crippen LogP contribution in [0.4, 0.5) is 10.5 Å². The van der Waals surface area contributed by atoms with Crippen LogP contribution in [-0.4, -0.2) is 97.7 Å². The van der Waals surface area contributed by atoms with Gasteiger partial charge in [-0.05, 0) is 26.1 Å². The van der Waals surface area contributed by atoms with Crippen LogP contribution in [0.3, 0.4) is 0 Å². The van der Waals surface area contributed by atoms with E-state index in [0.717, 1.165) is 31.9 Å². The number of rotatable bonds is 3. The number of hydrogen-bond acceptors (Lipinski definition) is 6. The van der Waals surface area contributed by atoms with Gasteiger partial charge in [0.1, 0.15) is 5.69 Å². The van der Waals surface area contributed by atoms with E-state index in [9.17, 15) is 9.59 Å². The Morgan fingerprint density at radius 3 is 2.35 bits per heavy atom. The highest BCUT2D eigenvalue weighted by molar-refractivity contribution is 5.93. The van der Waals surface area contributed by atoms with Crippen molar-refractivity contribution >= 4 is 17.7 Å². The molecule has 2 aliphatic heterocycles. The number of carbonyl (C=O) groups is 2. The summed E-state index contributed by atoms with van der Waals surface area (Å²) in [7, 11) is 2.07. The van der Waals surface area contributed by atoms with Crippen LogP contribution in [0.1, 0.15) is 17.4 Å². The Bertz CT molecular complexity index is 637. The molecule has 1 aromatic rings. The summed E-state index contributed by atoms with van der Waals surface area (Å²) in [6.07, 6.45) is 1.43. The van der Waals surface area contributed by atoms with Crippen LogP contribution in [0, 0.1) is 0 Å². The topological polar surface area (TPSA) is 69.2 Å². The fourth-order valence-electron chi connectivity index (χ4n) is 3.27. The largest absolute Gasteiger partial charge is 0.450 e. The molecule has 3 heterocycles. The first-order valence-electron chi connectivity index (χ1n) is 9.19. The molecule has 1 aromatic heterocycles. The number of nitrogens with zero attached hydrogens (tertiary/aromatic N) is 5. The number of carbonyl (C=O) groups excluding carboxylic acids is 2. The molecule has 142 valence electrons. The molecule has 0 bridgehead atoms. The molecule has 2 amide bonds. The minimum absolute atomic E-state index is 0.00916. The van der Waals surface area contributed by atoms with Gasteiger partial charge in [-0.25, -0.2) is 4.79 Å². The number of piperazine rings is 2.